The van der Waals surface area contributed by atoms with E-state index in [1.807, 2.05) is 83.8 Å². The molecular formula is C44H52N4O4S. The summed E-state index contributed by atoms with van der Waals surface area (Å²) in [6, 6.07) is 32.2. The Kier molecular flexibility index (Phi) is 13.3. The third-order valence-corrected chi connectivity index (χ3v) is 11.7. The molecule has 2 aliphatic heterocycles. The number of nitrogens with zero attached hydrogens (tertiary/aromatic N) is 2. The highest BCUT2D eigenvalue weighted by Gasteiger charge is 2.24. The molecule has 0 aromatic heterocycles. The lowest BCUT2D eigenvalue weighted by Crippen LogP contribution is -2.38. The Hall–Kier alpha value is -4.57. The van der Waals surface area contributed by atoms with Gasteiger partial charge < -0.3 is 15.1 Å². The monoisotopic (exact) mass is 732 g/mol. The lowest BCUT2D eigenvalue weighted by Gasteiger charge is -2.32. The highest BCUT2D eigenvalue weighted by Crippen LogP contribution is 2.28. The average Bonchev–Trinajstić information content (AvgIpc) is 3.19. The molecule has 2 amide bonds. The number of nitrogens with one attached hydrogen (secondary N) is 1. The Morgan fingerprint density at radius 3 is 2.13 bits per heavy atom. The van der Waals surface area contributed by atoms with Crippen LogP contribution >= 0.6 is 0 Å². The summed E-state index contributed by atoms with van der Waals surface area (Å²) in [4.78, 5) is 31.1. The van der Waals surface area contributed by atoms with Gasteiger partial charge in [0.1, 0.15) is 0 Å². The first-order valence-electron chi connectivity index (χ1n) is 19.0. The summed E-state index contributed by atoms with van der Waals surface area (Å²) < 4.78 is 23.4. The average molecular weight is 733 g/mol. The van der Waals surface area contributed by atoms with Gasteiger partial charge >= 0.3 is 0 Å². The first-order valence-corrected chi connectivity index (χ1v) is 20.6. The lowest BCUT2D eigenvalue weighted by atomic mass is 9.87. The number of piperidine rings is 2. The third-order valence-electron chi connectivity index (χ3n) is 10.8. The molecule has 2 heterocycles. The fraction of sp³-hybridized carbons (Fsp3) is 0.364. The summed E-state index contributed by atoms with van der Waals surface area (Å²) >= 11 is 0. The van der Waals surface area contributed by atoms with Crippen molar-refractivity contribution in [3.05, 3.63) is 131 Å². The number of likely N-dealkylation sites (tertiary alicyclic amines) is 1. The summed E-state index contributed by atoms with van der Waals surface area (Å²) in [6.07, 6.45) is 12.6. The topological polar surface area (TPSA) is 113 Å². The Labute approximate surface area is 315 Å². The molecule has 0 spiro atoms. The standard InChI is InChI=1S/C44H52N4O4S/c45-53(51,52)42-18-15-37(16-19-42)25-30-48(43(49)20-17-34-7-2-1-3-8-34)33-38-11-5-12-39(31-38)40-13-6-14-41(32-40)44(50)47-28-23-36(24-29-47)10-4-9-35-21-26-46-27-22-35/h1-3,5-8,11-20,31-32,35-36,46H,4,9-10,21-30,33H2,(H2,45,51,52). The van der Waals surface area contributed by atoms with E-state index >= 15 is 0 Å². The lowest BCUT2D eigenvalue weighted by molar-refractivity contribution is -0.126. The van der Waals surface area contributed by atoms with Gasteiger partial charge in [0.2, 0.25) is 15.9 Å². The van der Waals surface area contributed by atoms with Crippen LogP contribution in [0.3, 0.4) is 0 Å². The Morgan fingerprint density at radius 2 is 1.43 bits per heavy atom. The van der Waals surface area contributed by atoms with Gasteiger partial charge in [0.15, 0.2) is 0 Å². The molecule has 0 atom stereocenters. The maximum atomic E-state index is 13.7. The van der Waals surface area contributed by atoms with Gasteiger partial charge in [0, 0.05) is 37.8 Å². The van der Waals surface area contributed by atoms with Gasteiger partial charge in [-0.05, 0) is 121 Å². The number of carbonyl (C=O) groups excluding carboxylic acids is 2. The molecule has 0 saturated carbocycles. The van der Waals surface area contributed by atoms with Crippen LogP contribution in [0.2, 0.25) is 0 Å². The zero-order valence-electron chi connectivity index (χ0n) is 30.5. The summed E-state index contributed by atoms with van der Waals surface area (Å²) in [5.41, 5.74) is 5.44. The highest BCUT2D eigenvalue weighted by molar-refractivity contribution is 7.89. The third kappa shape index (κ3) is 11.2. The van der Waals surface area contributed by atoms with Crippen molar-refractivity contribution in [1.29, 1.82) is 0 Å². The second-order valence-corrected chi connectivity index (χ2v) is 16.1. The first-order chi connectivity index (χ1) is 25.7. The maximum absolute atomic E-state index is 13.7. The van der Waals surface area contributed by atoms with Gasteiger partial charge in [-0.1, -0.05) is 92.1 Å². The van der Waals surface area contributed by atoms with Crippen LogP contribution < -0.4 is 10.5 Å². The smallest absolute Gasteiger partial charge is 0.253 e. The number of hydrogen-bond donors (Lipinski definition) is 2. The predicted octanol–water partition coefficient (Wildman–Crippen LogP) is 7.31. The molecule has 0 radical (unpaired) electrons. The summed E-state index contributed by atoms with van der Waals surface area (Å²) in [6.45, 7) is 4.76. The molecule has 8 nitrogen and oxygen atoms in total. The Morgan fingerprint density at radius 1 is 0.774 bits per heavy atom. The number of carbonyl (C=O) groups is 2. The van der Waals surface area contributed by atoms with Crippen LogP contribution in [0.15, 0.2) is 114 Å². The van der Waals surface area contributed by atoms with Crippen LogP contribution in [0.25, 0.3) is 17.2 Å². The molecule has 0 aliphatic carbocycles. The molecular weight excluding hydrogens is 681 g/mol. The molecule has 0 unspecified atom stereocenters. The van der Waals surface area contributed by atoms with E-state index < -0.39 is 10.0 Å². The molecule has 278 valence electrons. The molecule has 53 heavy (non-hydrogen) atoms. The largest absolute Gasteiger partial charge is 0.339 e. The van der Waals surface area contributed by atoms with Crippen LogP contribution in [0.5, 0.6) is 0 Å². The molecule has 4 aromatic rings. The number of hydrogen-bond acceptors (Lipinski definition) is 5. The summed E-state index contributed by atoms with van der Waals surface area (Å²) in [5.74, 6) is 1.56. The second-order valence-electron chi connectivity index (χ2n) is 14.6. The SMILES string of the molecule is NS(=O)(=O)c1ccc(CCN(Cc2cccc(-c3cccc(C(=O)N4CCC(CCCC5CCNCC5)CC4)c3)c2)C(=O)C=Cc2ccccc2)cc1. The number of amides is 2. The number of nitrogens with two attached hydrogens (primary N) is 1. The normalized spacial score (nSPS) is 15.8. The fourth-order valence-corrected chi connectivity index (χ4v) is 8.10. The Bertz CT molecular complexity index is 1950. The Balaban J connectivity index is 1.09. The van der Waals surface area contributed by atoms with Crippen molar-refractivity contribution in [3.8, 4) is 11.1 Å². The number of benzene rings is 4. The van der Waals surface area contributed by atoms with E-state index in [0.29, 0.717) is 31.0 Å². The van der Waals surface area contributed by atoms with Crippen molar-refractivity contribution in [2.45, 2.75) is 62.8 Å². The highest BCUT2D eigenvalue weighted by atomic mass is 32.2. The summed E-state index contributed by atoms with van der Waals surface area (Å²) in [5, 5.41) is 8.74. The first kappa shape index (κ1) is 38.2. The number of sulfonamides is 1. The van der Waals surface area contributed by atoms with Crippen LogP contribution in [0.4, 0.5) is 0 Å². The van der Waals surface area contributed by atoms with Crippen molar-refractivity contribution in [3.63, 3.8) is 0 Å². The molecule has 3 N–H and O–H groups in total. The molecule has 9 heteroatoms. The van der Waals surface area contributed by atoms with E-state index in [4.69, 9.17) is 5.14 Å². The van der Waals surface area contributed by atoms with Crippen LogP contribution in [-0.4, -0.2) is 62.8 Å². The number of primary sulfonamides is 1. The van der Waals surface area contributed by atoms with Crippen LogP contribution in [-0.2, 0) is 27.8 Å². The summed E-state index contributed by atoms with van der Waals surface area (Å²) in [7, 11) is -3.78. The minimum atomic E-state index is -3.78. The molecule has 6 rings (SSSR count). The van der Waals surface area contributed by atoms with E-state index in [2.05, 4.69) is 11.4 Å². The molecule has 2 fully saturated rings. The molecule has 4 aromatic carbocycles. The van der Waals surface area contributed by atoms with E-state index in [1.54, 1.807) is 23.1 Å². The van der Waals surface area contributed by atoms with Crippen LogP contribution in [0, 0.1) is 11.8 Å². The second kappa shape index (κ2) is 18.5. The van der Waals surface area contributed by atoms with E-state index in [1.165, 1.54) is 44.2 Å². The number of rotatable bonds is 14. The van der Waals surface area contributed by atoms with Crippen molar-refractivity contribution < 1.29 is 18.0 Å². The van der Waals surface area contributed by atoms with E-state index in [0.717, 1.165) is 72.8 Å². The fourth-order valence-electron chi connectivity index (χ4n) is 7.59. The van der Waals surface area contributed by atoms with Gasteiger partial charge in [0.25, 0.3) is 5.91 Å². The van der Waals surface area contributed by atoms with E-state index in [-0.39, 0.29) is 16.7 Å². The van der Waals surface area contributed by atoms with Gasteiger partial charge in [-0.3, -0.25) is 9.59 Å². The predicted molar refractivity (Wildman–Crippen MR) is 212 cm³/mol. The van der Waals surface area contributed by atoms with Gasteiger partial charge in [0.05, 0.1) is 4.90 Å². The van der Waals surface area contributed by atoms with Gasteiger partial charge in [-0.2, -0.15) is 0 Å². The van der Waals surface area contributed by atoms with Crippen molar-refractivity contribution in [2.75, 3.05) is 32.7 Å². The zero-order valence-corrected chi connectivity index (χ0v) is 31.4. The zero-order chi connectivity index (χ0) is 37.0. The minimum Gasteiger partial charge on any atom is -0.339 e. The van der Waals surface area contributed by atoms with Crippen molar-refractivity contribution in [1.82, 2.24) is 15.1 Å². The molecule has 2 aliphatic rings. The molecule has 0 bridgehead atoms. The molecule has 2 saturated heterocycles. The van der Waals surface area contributed by atoms with Gasteiger partial charge in [-0.25, -0.2) is 13.6 Å². The maximum Gasteiger partial charge on any atom is 0.253 e. The quantitative estimate of drug-likeness (QED) is 0.132. The minimum absolute atomic E-state index is 0.0563. The van der Waals surface area contributed by atoms with Gasteiger partial charge in [-0.15, -0.1) is 0 Å². The van der Waals surface area contributed by atoms with E-state index in [9.17, 15) is 18.0 Å². The van der Waals surface area contributed by atoms with Crippen LogP contribution in [0.1, 0.15) is 72.0 Å². The van der Waals surface area contributed by atoms with Crippen molar-refractivity contribution in [2.24, 2.45) is 17.0 Å². The van der Waals surface area contributed by atoms with Crippen molar-refractivity contribution >= 4 is 27.9 Å².